The summed E-state index contributed by atoms with van der Waals surface area (Å²) in [4.78, 5) is 16.2. The van der Waals surface area contributed by atoms with Crippen LogP contribution in [0.2, 0.25) is 0 Å². The molecule has 0 aromatic carbocycles. The Balaban J connectivity index is 2.84. The number of aliphatic carboxylic acids is 1. The normalized spacial score (nSPS) is 14.8. The van der Waals surface area contributed by atoms with Gasteiger partial charge in [0, 0.05) is 24.0 Å². The molecule has 0 spiro atoms. The summed E-state index contributed by atoms with van der Waals surface area (Å²) in [7, 11) is 0. The maximum absolute atomic E-state index is 11.3. The van der Waals surface area contributed by atoms with Gasteiger partial charge in [-0.25, -0.2) is 0 Å². The summed E-state index contributed by atoms with van der Waals surface area (Å²) in [5.41, 5.74) is 6.51. The van der Waals surface area contributed by atoms with Gasteiger partial charge in [-0.2, -0.15) is 0 Å². The fourth-order valence-corrected chi connectivity index (χ4v) is 2.41. The number of hydrogen-bond acceptors (Lipinski definition) is 4. The van der Waals surface area contributed by atoms with Crippen LogP contribution in [0.25, 0.3) is 0 Å². The summed E-state index contributed by atoms with van der Waals surface area (Å²) in [6.07, 6.45) is 3.63. The standard InChI is InChI=1S/C10H16N2O2S/c1-2-3-10(6-11,9(13)14)4-8-5-12-7-15-8/h5,7H,2-4,6,11H2,1H3,(H,13,14). The Morgan fingerprint density at radius 1 is 1.73 bits per heavy atom. The second-order valence-electron chi connectivity index (χ2n) is 3.68. The molecule has 0 radical (unpaired) electrons. The van der Waals surface area contributed by atoms with Crippen molar-refractivity contribution in [1.29, 1.82) is 0 Å². The number of carbonyl (C=O) groups is 1. The fourth-order valence-electron chi connectivity index (χ4n) is 1.67. The summed E-state index contributed by atoms with van der Waals surface area (Å²) in [6, 6.07) is 0. The molecule has 0 amide bonds. The van der Waals surface area contributed by atoms with Crippen LogP contribution in [-0.2, 0) is 11.2 Å². The Kier molecular flexibility index (Phi) is 4.23. The Morgan fingerprint density at radius 2 is 2.47 bits per heavy atom. The second-order valence-corrected chi connectivity index (χ2v) is 4.66. The number of hydrogen-bond donors (Lipinski definition) is 2. The average Bonchev–Trinajstić information content (AvgIpc) is 2.69. The lowest BCUT2D eigenvalue weighted by molar-refractivity contribution is -0.148. The van der Waals surface area contributed by atoms with Crippen LogP contribution < -0.4 is 5.73 Å². The molecule has 0 saturated carbocycles. The molecule has 0 saturated heterocycles. The van der Waals surface area contributed by atoms with Crippen molar-refractivity contribution < 1.29 is 9.90 Å². The van der Waals surface area contributed by atoms with Gasteiger partial charge < -0.3 is 10.8 Å². The number of nitrogens with two attached hydrogens (primary N) is 1. The van der Waals surface area contributed by atoms with Crippen molar-refractivity contribution >= 4 is 17.3 Å². The first kappa shape index (κ1) is 12.1. The van der Waals surface area contributed by atoms with Crippen molar-refractivity contribution in [3.05, 3.63) is 16.6 Å². The first-order valence-corrected chi connectivity index (χ1v) is 5.83. The van der Waals surface area contributed by atoms with E-state index in [1.54, 1.807) is 11.7 Å². The minimum Gasteiger partial charge on any atom is -0.481 e. The van der Waals surface area contributed by atoms with Gasteiger partial charge >= 0.3 is 5.97 Å². The third-order valence-electron chi connectivity index (χ3n) is 2.57. The number of aromatic nitrogens is 1. The Bertz CT molecular complexity index is 313. The SMILES string of the molecule is CCCC(CN)(Cc1cncs1)C(=O)O. The number of nitrogens with zero attached hydrogens (tertiary/aromatic N) is 1. The van der Waals surface area contributed by atoms with Crippen LogP contribution in [0.4, 0.5) is 0 Å². The highest BCUT2D eigenvalue weighted by atomic mass is 32.1. The van der Waals surface area contributed by atoms with Gasteiger partial charge in [0.1, 0.15) is 0 Å². The van der Waals surface area contributed by atoms with E-state index in [1.807, 2.05) is 6.92 Å². The molecule has 5 heteroatoms. The smallest absolute Gasteiger partial charge is 0.311 e. The number of carboxylic acids is 1. The van der Waals surface area contributed by atoms with Gasteiger partial charge in [-0.15, -0.1) is 11.3 Å². The van der Waals surface area contributed by atoms with Gasteiger partial charge in [0.05, 0.1) is 10.9 Å². The number of thiazole rings is 1. The lowest BCUT2D eigenvalue weighted by Gasteiger charge is -2.26. The molecule has 0 aliphatic heterocycles. The van der Waals surface area contributed by atoms with Gasteiger partial charge in [0.15, 0.2) is 0 Å². The minimum absolute atomic E-state index is 0.175. The Morgan fingerprint density at radius 3 is 2.87 bits per heavy atom. The molecule has 0 aliphatic rings. The predicted molar refractivity (Wildman–Crippen MR) is 59.8 cm³/mol. The van der Waals surface area contributed by atoms with Crippen LogP contribution in [0.15, 0.2) is 11.7 Å². The molecule has 1 aromatic heterocycles. The van der Waals surface area contributed by atoms with E-state index >= 15 is 0 Å². The predicted octanol–water partition coefficient (Wildman–Crippen LogP) is 1.52. The molecule has 1 heterocycles. The van der Waals surface area contributed by atoms with Crippen LogP contribution >= 0.6 is 11.3 Å². The summed E-state index contributed by atoms with van der Waals surface area (Å²) < 4.78 is 0. The molecule has 0 aliphatic carbocycles. The van der Waals surface area contributed by atoms with Crippen molar-refractivity contribution in [3.8, 4) is 0 Å². The number of rotatable bonds is 6. The molecular weight excluding hydrogens is 212 g/mol. The third kappa shape index (κ3) is 2.76. The van der Waals surface area contributed by atoms with E-state index in [2.05, 4.69) is 4.98 Å². The molecule has 0 fully saturated rings. The highest BCUT2D eigenvalue weighted by molar-refractivity contribution is 7.09. The topological polar surface area (TPSA) is 76.2 Å². The molecule has 1 unspecified atom stereocenters. The average molecular weight is 228 g/mol. The van der Waals surface area contributed by atoms with Crippen LogP contribution in [0.3, 0.4) is 0 Å². The lowest BCUT2D eigenvalue weighted by atomic mass is 9.80. The van der Waals surface area contributed by atoms with Gasteiger partial charge in [0.2, 0.25) is 0 Å². The van der Waals surface area contributed by atoms with E-state index in [-0.39, 0.29) is 6.54 Å². The summed E-state index contributed by atoms with van der Waals surface area (Å²) >= 11 is 1.48. The van der Waals surface area contributed by atoms with E-state index in [4.69, 9.17) is 5.73 Å². The van der Waals surface area contributed by atoms with E-state index in [9.17, 15) is 9.90 Å². The maximum atomic E-state index is 11.3. The van der Waals surface area contributed by atoms with Crippen LogP contribution in [0.1, 0.15) is 24.6 Å². The van der Waals surface area contributed by atoms with Crippen molar-refractivity contribution in [2.45, 2.75) is 26.2 Å². The minimum atomic E-state index is -0.818. The molecule has 15 heavy (non-hydrogen) atoms. The highest BCUT2D eigenvalue weighted by Crippen LogP contribution is 2.29. The first-order valence-electron chi connectivity index (χ1n) is 4.95. The lowest BCUT2D eigenvalue weighted by Crippen LogP contribution is -2.40. The fraction of sp³-hybridized carbons (Fsp3) is 0.600. The quantitative estimate of drug-likeness (QED) is 0.774. The number of carboxylic acid groups (broad SMARTS) is 1. The van der Waals surface area contributed by atoms with Crippen LogP contribution in [-0.4, -0.2) is 22.6 Å². The van der Waals surface area contributed by atoms with Gasteiger partial charge in [-0.1, -0.05) is 13.3 Å². The zero-order valence-corrected chi connectivity index (χ0v) is 9.59. The summed E-state index contributed by atoms with van der Waals surface area (Å²) in [5.74, 6) is -0.805. The third-order valence-corrected chi connectivity index (χ3v) is 3.35. The van der Waals surface area contributed by atoms with Crippen LogP contribution in [0.5, 0.6) is 0 Å². The highest BCUT2D eigenvalue weighted by Gasteiger charge is 2.36. The van der Waals surface area contributed by atoms with Crippen LogP contribution in [0, 0.1) is 5.41 Å². The Hall–Kier alpha value is -0.940. The zero-order valence-electron chi connectivity index (χ0n) is 8.77. The monoisotopic (exact) mass is 228 g/mol. The summed E-state index contributed by atoms with van der Waals surface area (Å²) in [6.45, 7) is 2.15. The first-order chi connectivity index (χ1) is 7.14. The molecule has 84 valence electrons. The van der Waals surface area contributed by atoms with Crippen molar-refractivity contribution in [2.75, 3.05) is 6.54 Å². The van der Waals surface area contributed by atoms with E-state index in [0.717, 1.165) is 11.3 Å². The molecule has 4 nitrogen and oxygen atoms in total. The van der Waals surface area contributed by atoms with Crippen molar-refractivity contribution in [2.24, 2.45) is 11.1 Å². The largest absolute Gasteiger partial charge is 0.481 e. The molecule has 3 N–H and O–H groups in total. The Labute approximate surface area is 93.1 Å². The van der Waals surface area contributed by atoms with E-state index in [0.29, 0.717) is 12.8 Å². The van der Waals surface area contributed by atoms with Gasteiger partial charge in [-0.3, -0.25) is 9.78 Å². The molecule has 0 bridgehead atoms. The van der Waals surface area contributed by atoms with Crippen molar-refractivity contribution in [1.82, 2.24) is 4.98 Å². The van der Waals surface area contributed by atoms with Gasteiger partial charge in [-0.05, 0) is 6.42 Å². The molecule has 1 rings (SSSR count). The zero-order chi connectivity index (χ0) is 11.3. The van der Waals surface area contributed by atoms with Gasteiger partial charge in [0.25, 0.3) is 0 Å². The van der Waals surface area contributed by atoms with E-state index in [1.165, 1.54) is 11.3 Å². The summed E-state index contributed by atoms with van der Waals surface area (Å²) in [5, 5.41) is 9.26. The molecule has 1 aromatic rings. The molecular formula is C10H16N2O2S. The van der Waals surface area contributed by atoms with E-state index < -0.39 is 11.4 Å². The second kappa shape index (κ2) is 5.23. The van der Waals surface area contributed by atoms with Crippen molar-refractivity contribution in [3.63, 3.8) is 0 Å². The maximum Gasteiger partial charge on any atom is 0.311 e. The molecule has 1 atom stereocenters.